The van der Waals surface area contributed by atoms with Gasteiger partial charge in [-0.25, -0.2) is 4.39 Å². The lowest BCUT2D eigenvalue weighted by atomic mass is 9.62. The van der Waals surface area contributed by atoms with E-state index in [1.807, 2.05) is 18.9 Å². The summed E-state index contributed by atoms with van der Waals surface area (Å²) >= 11 is 0. The summed E-state index contributed by atoms with van der Waals surface area (Å²) in [5.41, 5.74) is -1.44. The molecule has 0 amide bonds. The molecule has 2 aromatic rings. The van der Waals surface area contributed by atoms with E-state index in [0.717, 1.165) is 12.1 Å². The Balaban J connectivity index is 2.04. The lowest BCUT2D eigenvalue weighted by Gasteiger charge is -2.56. The van der Waals surface area contributed by atoms with Crippen LogP contribution in [0.3, 0.4) is 0 Å². The van der Waals surface area contributed by atoms with Crippen molar-refractivity contribution in [3.05, 3.63) is 65.5 Å². The van der Waals surface area contributed by atoms with E-state index in [9.17, 15) is 22.7 Å². The number of ether oxygens (including phenoxy) is 1. The molecule has 1 saturated heterocycles. The first-order chi connectivity index (χ1) is 12.0. The highest BCUT2D eigenvalue weighted by molar-refractivity contribution is 5.42. The van der Waals surface area contributed by atoms with Crippen molar-refractivity contribution in [2.75, 3.05) is 20.1 Å². The van der Waals surface area contributed by atoms with Gasteiger partial charge >= 0.3 is 6.36 Å². The number of hydrogen-bond donors (Lipinski definition) is 1. The van der Waals surface area contributed by atoms with Gasteiger partial charge in [0.2, 0.25) is 0 Å². The SMILES string of the molecule is CN1CC(C)(C(O)(c2ccc(OC(F)(F)F)cc2)c2cccc(F)c2)C1. The number of likely N-dealkylation sites (tertiary alicyclic amines) is 1. The highest BCUT2D eigenvalue weighted by atomic mass is 19.4. The van der Waals surface area contributed by atoms with Crippen LogP contribution in [-0.2, 0) is 5.60 Å². The molecule has 140 valence electrons. The third-order valence-electron chi connectivity index (χ3n) is 4.86. The summed E-state index contributed by atoms with van der Waals surface area (Å²) in [5, 5.41) is 11.6. The summed E-state index contributed by atoms with van der Waals surface area (Å²) in [5.74, 6) is -0.868. The number of halogens is 4. The predicted octanol–water partition coefficient (Wildman–Crippen LogP) is 3.91. The molecule has 0 radical (unpaired) electrons. The molecule has 0 spiro atoms. The minimum Gasteiger partial charge on any atom is -0.406 e. The van der Waals surface area contributed by atoms with Gasteiger partial charge in [-0.15, -0.1) is 13.2 Å². The molecule has 1 heterocycles. The third kappa shape index (κ3) is 3.29. The van der Waals surface area contributed by atoms with Gasteiger partial charge in [0.1, 0.15) is 17.2 Å². The van der Waals surface area contributed by atoms with Crippen LogP contribution in [0.5, 0.6) is 5.75 Å². The molecule has 1 N–H and O–H groups in total. The lowest BCUT2D eigenvalue weighted by Crippen LogP contribution is -2.63. The van der Waals surface area contributed by atoms with Gasteiger partial charge in [0.15, 0.2) is 0 Å². The van der Waals surface area contributed by atoms with Gasteiger partial charge < -0.3 is 14.7 Å². The fourth-order valence-electron chi connectivity index (χ4n) is 3.85. The first-order valence-electron chi connectivity index (χ1n) is 8.07. The van der Waals surface area contributed by atoms with Crippen molar-refractivity contribution in [3.8, 4) is 5.75 Å². The quantitative estimate of drug-likeness (QED) is 0.830. The van der Waals surface area contributed by atoms with Gasteiger partial charge in [0, 0.05) is 18.5 Å². The van der Waals surface area contributed by atoms with Crippen LogP contribution in [0.25, 0.3) is 0 Å². The second-order valence-electron chi connectivity index (χ2n) is 7.03. The van der Waals surface area contributed by atoms with E-state index < -0.39 is 23.2 Å². The minimum atomic E-state index is -4.79. The Kier molecular flexibility index (Phi) is 4.48. The average Bonchev–Trinajstić information content (AvgIpc) is 2.52. The average molecular weight is 369 g/mol. The van der Waals surface area contributed by atoms with Gasteiger partial charge in [0.25, 0.3) is 0 Å². The standard InChI is InChI=1S/C19H19F4NO2/c1-17(11-24(2)12-17)18(25,14-4-3-5-15(20)10-14)13-6-8-16(9-7-13)26-19(21,22)23/h3-10,25H,11-12H2,1-2H3. The first-order valence-corrected chi connectivity index (χ1v) is 8.07. The van der Waals surface area contributed by atoms with E-state index in [4.69, 9.17) is 0 Å². The van der Waals surface area contributed by atoms with E-state index in [1.54, 1.807) is 6.07 Å². The Labute approximate surface area is 148 Å². The molecular formula is C19H19F4NO2. The fourth-order valence-corrected chi connectivity index (χ4v) is 3.85. The van der Waals surface area contributed by atoms with Crippen molar-refractivity contribution in [3.63, 3.8) is 0 Å². The van der Waals surface area contributed by atoms with E-state index in [-0.39, 0.29) is 5.75 Å². The zero-order chi connectivity index (χ0) is 19.2. The van der Waals surface area contributed by atoms with Gasteiger partial charge in [-0.2, -0.15) is 0 Å². The summed E-state index contributed by atoms with van der Waals surface area (Å²) in [6, 6.07) is 10.7. The van der Waals surface area contributed by atoms with Gasteiger partial charge in [0.05, 0.1) is 0 Å². The van der Waals surface area contributed by atoms with Crippen LogP contribution in [0.2, 0.25) is 0 Å². The van der Waals surface area contributed by atoms with Crippen LogP contribution in [0.4, 0.5) is 17.6 Å². The maximum atomic E-state index is 13.8. The van der Waals surface area contributed by atoms with E-state index >= 15 is 0 Å². The lowest BCUT2D eigenvalue weighted by molar-refractivity contribution is -0.274. The monoisotopic (exact) mass is 369 g/mol. The second-order valence-corrected chi connectivity index (χ2v) is 7.03. The van der Waals surface area contributed by atoms with Crippen LogP contribution in [0.1, 0.15) is 18.1 Å². The zero-order valence-electron chi connectivity index (χ0n) is 14.3. The summed E-state index contributed by atoms with van der Waals surface area (Å²) in [4.78, 5) is 2.01. The Morgan fingerprint density at radius 2 is 1.65 bits per heavy atom. The molecule has 7 heteroatoms. The maximum Gasteiger partial charge on any atom is 0.573 e. The number of alkyl halides is 3. The van der Waals surface area contributed by atoms with Crippen molar-refractivity contribution in [1.29, 1.82) is 0 Å². The maximum absolute atomic E-state index is 13.8. The molecule has 2 aromatic carbocycles. The summed E-state index contributed by atoms with van der Waals surface area (Å²) in [7, 11) is 1.90. The van der Waals surface area contributed by atoms with Gasteiger partial charge in [-0.1, -0.05) is 31.2 Å². The largest absolute Gasteiger partial charge is 0.573 e. The second kappa shape index (κ2) is 6.25. The third-order valence-corrected chi connectivity index (χ3v) is 4.86. The molecule has 0 bridgehead atoms. The first kappa shape index (κ1) is 18.7. The molecule has 0 aromatic heterocycles. The van der Waals surface area contributed by atoms with Crippen LogP contribution >= 0.6 is 0 Å². The molecule has 1 aliphatic rings. The smallest absolute Gasteiger partial charge is 0.406 e. The van der Waals surface area contributed by atoms with Crippen molar-refractivity contribution in [2.45, 2.75) is 18.9 Å². The normalized spacial score (nSPS) is 19.5. The molecule has 1 aliphatic heterocycles. The Hall–Kier alpha value is -2.12. The highest BCUT2D eigenvalue weighted by Gasteiger charge is 2.55. The summed E-state index contributed by atoms with van der Waals surface area (Å²) < 4.78 is 54.8. The molecule has 26 heavy (non-hydrogen) atoms. The topological polar surface area (TPSA) is 32.7 Å². The van der Waals surface area contributed by atoms with E-state index in [0.29, 0.717) is 24.2 Å². The van der Waals surface area contributed by atoms with Crippen molar-refractivity contribution in [1.82, 2.24) is 4.90 Å². The molecule has 3 rings (SSSR count). The number of rotatable bonds is 4. The molecule has 1 unspecified atom stereocenters. The van der Waals surface area contributed by atoms with Crippen molar-refractivity contribution in [2.24, 2.45) is 5.41 Å². The number of hydrogen-bond acceptors (Lipinski definition) is 3. The van der Waals surface area contributed by atoms with E-state index in [1.165, 1.54) is 30.3 Å². The Morgan fingerprint density at radius 3 is 2.15 bits per heavy atom. The Bertz CT molecular complexity index is 785. The summed E-state index contributed by atoms with van der Waals surface area (Å²) in [6.07, 6.45) is -4.79. The van der Waals surface area contributed by atoms with Crippen molar-refractivity contribution >= 4 is 0 Å². The summed E-state index contributed by atoms with van der Waals surface area (Å²) in [6.45, 7) is 2.99. The van der Waals surface area contributed by atoms with Crippen LogP contribution in [0.15, 0.2) is 48.5 Å². The molecule has 1 atom stereocenters. The number of nitrogens with zero attached hydrogens (tertiary/aromatic N) is 1. The number of benzene rings is 2. The van der Waals surface area contributed by atoms with Crippen LogP contribution in [0, 0.1) is 11.2 Å². The van der Waals surface area contributed by atoms with E-state index in [2.05, 4.69) is 4.74 Å². The molecule has 3 nitrogen and oxygen atoms in total. The van der Waals surface area contributed by atoms with Crippen LogP contribution < -0.4 is 4.74 Å². The molecule has 1 fully saturated rings. The molecule has 0 aliphatic carbocycles. The zero-order valence-corrected chi connectivity index (χ0v) is 14.3. The number of aliphatic hydroxyl groups is 1. The van der Waals surface area contributed by atoms with Gasteiger partial charge in [-0.05, 0) is 42.4 Å². The Morgan fingerprint density at radius 1 is 1.04 bits per heavy atom. The highest BCUT2D eigenvalue weighted by Crippen LogP contribution is 2.50. The fraction of sp³-hybridized carbons (Fsp3) is 0.368. The minimum absolute atomic E-state index is 0.359. The van der Waals surface area contributed by atoms with Gasteiger partial charge in [-0.3, -0.25) is 0 Å². The predicted molar refractivity (Wildman–Crippen MR) is 88.1 cm³/mol. The molecule has 0 saturated carbocycles. The van der Waals surface area contributed by atoms with Crippen LogP contribution in [-0.4, -0.2) is 36.5 Å². The molecular weight excluding hydrogens is 350 g/mol. The van der Waals surface area contributed by atoms with Crippen molar-refractivity contribution < 1.29 is 27.4 Å².